The van der Waals surface area contributed by atoms with Crippen LogP contribution in [0.2, 0.25) is 0 Å². The maximum Gasteiger partial charge on any atom is 0.352 e. The number of allylic oxidation sites excluding steroid dienone is 1. The number of carboxylic acid groups (broad SMARTS) is 1. The number of nitrogens with two attached hydrogens (primary N) is 1. The molecular weight excluding hydrogens is 582 g/mol. The molecule has 1 amide bonds. The molecule has 0 aromatic carbocycles. The van der Waals surface area contributed by atoms with Crippen LogP contribution in [0.3, 0.4) is 0 Å². The van der Waals surface area contributed by atoms with Gasteiger partial charge in [0.05, 0.1) is 26.2 Å². The Balaban J connectivity index is 0.00000121. The van der Waals surface area contributed by atoms with Gasteiger partial charge < -0.3 is 15.3 Å². The molecule has 5 rings (SSSR count). The molecule has 5 heterocycles. The Morgan fingerprint density at radius 2 is 1.88 bits per heavy atom. The lowest BCUT2D eigenvalue weighted by Crippen LogP contribution is -2.68. The summed E-state index contributed by atoms with van der Waals surface area (Å²) in [5, 5.41) is 9.32. The third kappa shape index (κ3) is 3.81. The molecule has 2 bridgehead atoms. The number of nitrogens with zero attached hydrogens (tertiary/aromatic N) is 3. The third-order valence-corrected chi connectivity index (χ3v) is 7.05. The highest BCUT2D eigenvalue weighted by atomic mass is 127. The fourth-order valence-corrected chi connectivity index (χ4v) is 5.36. The molecule has 0 radical (unpaired) electrons. The molecule has 10 heteroatoms. The highest BCUT2D eigenvalue weighted by molar-refractivity contribution is 14.0. The van der Waals surface area contributed by atoms with Crippen molar-refractivity contribution < 1.29 is 19.2 Å². The number of rotatable bonds is 4. The summed E-state index contributed by atoms with van der Waals surface area (Å²) in [5.41, 5.74) is 6.61. The molecule has 3 N–H and O–H groups in total. The molecule has 4 fully saturated rings. The van der Waals surface area contributed by atoms with Crippen molar-refractivity contribution in [3.63, 3.8) is 0 Å². The number of β-lactam (4-membered cyclic amide) rings is 1. The summed E-state index contributed by atoms with van der Waals surface area (Å²) in [6, 6.07) is -0.571. The van der Waals surface area contributed by atoms with E-state index in [2.05, 4.69) is 11.0 Å². The number of amides is 1. The smallest absolute Gasteiger partial charge is 0.352 e. The normalized spacial score (nSPS) is 35.5. The van der Waals surface area contributed by atoms with Crippen molar-refractivity contribution in [1.82, 2.24) is 9.80 Å². The van der Waals surface area contributed by atoms with Crippen LogP contribution in [0, 0.1) is 0 Å². The molecule has 0 unspecified atom stereocenters. The lowest BCUT2D eigenvalue weighted by atomic mass is 10.0. The summed E-state index contributed by atoms with van der Waals surface area (Å²) in [5.74, 6) is -0.739. The Morgan fingerprint density at radius 3 is 2.46 bits per heavy atom. The summed E-state index contributed by atoms with van der Waals surface area (Å²) in [6.45, 7) is 7.94. The Bertz CT molecular complexity index is 636. The number of carboxylic acids is 1. The van der Waals surface area contributed by atoms with Gasteiger partial charge in [-0.1, -0.05) is 6.08 Å². The van der Waals surface area contributed by atoms with Crippen molar-refractivity contribution in [1.29, 1.82) is 0 Å². The number of piperazine rings is 3. The van der Waals surface area contributed by atoms with Crippen LogP contribution >= 0.6 is 59.7 Å². The van der Waals surface area contributed by atoms with Crippen molar-refractivity contribution in [3.8, 4) is 0 Å². The molecule has 0 saturated carbocycles. The van der Waals surface area contributed by atoms with Crippen LogP contribution in [0.4, 0.5) is 0 Å². The number of hydrogen-bond donors (Lipinski definition) is 2. The zero-order valence-electron chi connectivity index (χ0n) is 14.4. The largest absolute Gasteiger partial charge is 0.477 e. The van der Waals surface area contributed by atoms with E-state index in [1.54, 1.807) is 11.8 Å². The van der Waals surface area contributed by atoms with Crippen LogP contribution in [-0.2, 0) is 9.59 Å². The second-order valence-corrected chi connectivity index (χ2v) is 8.16. The maximum atomic E-state index is 11.9. The molecule has 146 valence electrons. The number of carbonyl (C=O) groups is 2. The van der Waals surface area contributed by atoms with Gasteiger partial charge in [0, 0.05) is 25.4 Å². The number of halogens is 2. The van der Waals surface area contributed by atoms with E-state index in [-0.39, 0.29) is 64.9 Å². The van der Waals surface area contributed by atoms with Crippen molar-refractivity contribution in [2.45, 2.75) is 11.4 Å². The first-order chi connectivity index (χ1) is 11.5. The standard InChI is InChI=1S/C16H22N4O3S.2HI/c17-12-14(21)19-13(16(22)23)11(10-24-15(12)19)2-1-6-20-7-3-18(4-8-20)5-9-20;;/h1-2,12,15H,3-10,17H2;2*1H/p+1/b2-1+;;/t12-,15-;;/m1../s1. The van der Waals surface area contributed by atoms with E-state index < -0.39 is 12.0 Å². The van der Waals surface area contributed by atoms with E-state index in [1.807, 2.05) is 6.08 Å². The molecular formula is C16H25I2N4O3S+. The minimum absolute atomic E-state index is 0. The maximum absolute atomic E-state index is 11.9. The minimum atomic E-state index is -1.04. The van der Waals surface area contributed by atoms with Crippen LogP contribution in [-0.4, -0.2) is 94.2 Å². The van der Waals surface area contributed by atoms with E-state index >= 15 is 0 Å². The molecule has 5 aliphatic rings. The van der Waals surface area contributed by atoms with Crippen LogP contribution in [0.25, 0.3) is 0 Å². The molecule has 7 nitrogen and oxygen atoms in total. The zero-order valence-corrected chi connectivity index (χ0v) is 19.9. The van der Waals surface area contributed by atoms with E-state index in [1.165, 1.54) is 24.5 Å². The van der Waals surface area contributed by atoms with Gasteiger partial charge in [-0.3, -0.25) is 14.6 Å². The van der Waals surface area contributed by atoms with Gasteiger partial charge in [0.1, 0.15) is 17.1 Å². The summed E-state index contributed by atoms with van der Waals surface area (Å²) in [7, 11) is 0. The lowest BCUT2D eigenvalue weighted by Gasteiger charge is -2.50. The van der Waals surface area contributed by atoms with Gasteiger partial charge in [-0.05, 0) is 11.6 Å². The van der Waals surface area contributed by atoms with E-state index in [9.17, 15) is 14.7 Å². The van der Waals surface area contributed by atoms with Crippen molar-refractivity contribution in [2.24, 2.45) is 5.73 Å². The van der Waals surface area contributed by atoms with Gasteiger partial charge in [0.2, 0.25) is 5.91 Å². The SMILES string of the molecule is I.I.N[C@@H]1C(=O)N2C(C(=O)O)=C(/C=C/C[N+]34CCN(CC3)CC4)CS[C@H]12. The Morgan fingerprint density at radius 1 is 1.27 bits per heavy atom. The number of carbonyl (C=O) groups excluding carboxylic acids is 1. The monoisotopic (exact) mass is 607 g/mol. The van der Waals surface area contributed by atoms with Gasteiger partial charge in [-0.25, -0.2) is 4.79 Å². The molecule has 0 aromatic heterocycles. The minimum Gasteiger partial charge on any atom is -0.477 e. The number of thioether (sulfide) groups is 1. The van der Waals surface area contributed by atoms with E-state index in [0.717, 1.165) is 36.2 Å². The quantitative estimate of drug-likeness (QED) is 0.276. The van der Waals surface area contributed by atoms with Crippen LogP contribution in [0.5, 0.6) is 0 Å². The summed E-state index contributed by atoms with van der Waals surface area (Å²) in [4.78, 5) is 27.4. The molecule has 4 saturated heterocycles. The Kier molecular flexibility index (Phi) is 7.44. The molecule has 0 spiro atoms. The van der Waals surface area contributed by atoms with Crippen molar-refractivity contribution in [3.05, 3.63) is 23.4 Å². The van der Waals surface area contributed by atoms with Gasteiger partial charge in [-0.2, -0.15) is 0 Å². The highest BCUT2D eigenvalue weighted by Crippen LogP contribution is 2.39. The van der Waals surface area contributed by atoms with E-state index in [0.29, 0.717) is 5.75 Å². The van der Waals surface area contributed by atoms with E-state index in [4.69, 9.17) is 5.73 Å². The fraction of sp³-hybridized carbons (Fsp3) is 0.625. The second kappa shape index (κ2) is 8.64. The first-order valence-electron chi connectivity index (χ1n) is 8.41. The third-order valence-electron chi connectivity index (χ3n) is 5.72. The van der Waals surface area contributed by atoms with Gasteiger partial charge in [0.15, 0.2) is 0 Å². The number of hydrogen-bond acceptors (Lipinski definition) is 5. The number of fused-ring (bicyclic) bond motifs is 4. The topological polar surface area (TPSA) is 86.9 Å². The molecule has 0 aromatic rings. The van der Waals surface area contributed by atoms with Crippen LogP contribution < -0.4 is 5.73 Å². The Labute approximate surface area is 191 Å². The molecule has 26 heavy (non-hydrogen) atoms. The van der Waals surface area contributed by atoms with Gasteiger partial charge in [0.25, 0.3) is 0 Å². The fourth-order valence-electron chi connectivity index (χ4n) is 4.09. The average molecular weight is 607 g/mol. The predicted molar refractivity (Wildman–Crippen MR) is 122 cm³/mol. The van der Waals surface area contributed by atoms with Gasteiger partial charge in [-0.15, -0.1) is 59.7 Å². The highest BCUT2D eigenvalue weighted by Gasteiger charge is 2.51. The van der Waals surface area contributed by atoms with Crippen LogP contribution in [0.1, 0.15) is 0 Å². The lowest BCUT2D eigenvalue weighted by molar-refractivity contribution is -0.935. The van der Waals surface area contributed by atoms with Crippen molar-refractivity contribution >= 4 is 71.6 Å². The summed E-state index contributed by atoms with van der Waals surface area (Å²) < 4.78 is 1.10. The predicted octanol–water partition coefficient (Wildman–Crippen LogP) is 0.506. The average Bonchev–Trinajstić information content (AvgIpc) is 2.61. The second-order valence-electron chi connectivity index (χ2n) is 7.05. The van der Waals surface area contributed by atoms with Gasteiger partial charge >= 0.3 is 5.97 Å². The van der Waals surface area contributed by atoms with Crippen molar-refractivity contribution in [2.75, 3.05) is 51.6 Å². The molecule has 2 atom stereocenters. The summed E-state index contributed by atoms with van der Waals surface area (Å²) in [6.07, 6.45) is 4.02. The first-order valence-corrected chi connectivity index (χ1v) is 9.46. The zero-order chi connectivity index (χ0) is 16.9. The first kappa shape index (κ1) is 22.4. The summed E-state index contributed by atoms with van der Waals surface area (Å²) >= 11 is 1.55. The molecule has 0 aliphatic carbocycles. The van der Waals surface area contributed by atoms with Crippen LogP contribution in [0.15, 0.2) is 23.4 Å². The number of quaternary nitrogens is 1. The Hall–Kier alpha value is 0.110. The number of aliphatic carboxylic acids is 1. The molecule has 5 aliphatic heterocycles.